The number of nitrogens with zero attached hydrogens (tertiary/aromatic N) is 4. The highest BCUT2D eigenvalue weighted by Gasteiger charge is 2.19. The van der Waals surface area contributed by atoms with Crippen LogP contribution in [-0.4, -0.2) is 40.5 Å². The molecular formula is C20H19N5O5S. The minimum Gasteiger partial charge on any atom is -0.460 e. The minimum absolute atomic E-state index is 0.0492. The number of anilines is 1. The number of fused-ring (bicyclic) bond motifs is 1. The highest BCUT2D eigenvalue weighted by Crippen LogP contribution is 2.19. The highest BCUT2D eigenvalue weighted by molar-refractivity contribution is 7.90. The lowest BCUT2D eigenvalue weighted by Gasteiger charge is -2.05. The second kappa shape index (κ2) is 8.56. The first-order valence-corrected chi connectivity index (χ1v) is 11.0. The molecule has 31 heavy (non-hydrogen) atoms. The summed E-state index contributed by atoms with van der Waals surface area (Å²) in [6.45, 7) is 0.649. The predicted octanol–water partition coefficient (Wildman–Crippen LogP) is 2.22. The fourth-order valence-electron chi connectivity index (χ4n) is 3.00. The lowest BCUT2D eigenvalue weighted by molar-refractivity contribution is 0.0458. The number of nitrogens with two attached hydrogens (primary N) is 1. The molecule has 0 saturated carbocycles. The molecule has 0 aliphatic carbocycles. The number of hydrogen-bond donors (Lipinski definition) is 1. The molecule has 0 radical (unpaired) electrons. The van der Waals surface area contributed by atoms with Crippen molar-refractivity contribution in [2.24, 2.45) is 0 Å². The van der Waals surface area contributed by atoms with E-state index < -0.39 is 15.8 Å². The normalized spacial score (nSPS) is 11.6. The fraction of sp³-hybridized carbons (Fsp3) is 0.200. The standard InChI is InChI=1S/C20H19N5O5S/c21-18-17-19(23-12-22-18)25(13-24-17)9-4-10-29-20(26)16-8-7-14(30-16)11-31(27,28)15-5-2-1-3-6-15/h1-3,5-8,12-13H,4,9-11H2,(H2,21,22,23). The second-order valence-electron chi connectivity index (χ2n) is 6.70. The topological polar surface area (TPSA) is 143 Å². The van der Waals surface area contributed by atoms with Gasteiger partial charge in [0.05, 0.1) is 17.8 Å². The molecule has 160 valence electrons. The first kappa shape index (κ1) is 20.5. The molecule has 0 bridgehead atoms. The number of hydrogen-bond acceptors (Lipinski definition) is 9. The Labute approximate surface area is 177 Å². The van der Waals surface area contributed by atoms with E-state index in [0.717, 1.165) is 0 Å². The number of sulfone groups is 1. The summed E-state index contributed by atoms with van der Waals surface area (Å²) < 4.78 is 37.2. The number of aryl methyl sites for hydroxylation is 1. The first-order chi connectivity index (χ1) is 14.9. The zero-order chi connectivity index (χ0) is 21.8. The number of carbonyl (C=O) groups excluding carboxylic acids is 1. The Morgan fingerprint density at radius 3 is 2.71 bits per heavy atom. The van der Waals surface area contributed by atoms with Crippen LogP contribution in [0.15, 0.2) is 64.4 Å². The summed E-state index contributed by atoms with van der Waals surface area (Å²) in [5.74, 6) is -0.587. The van der Waals surface area contributed by atoms with Crippen molar-refractivity contribution in [2.45, 2.75) is 23.6 Å². The Hall–Kier alpha value is -3.73. The van der Waals surface area contributed by atoms with Crippen LogP contribution in [-0.2, 0) is 26.9 Å². The summed E-state index contributed by atoms with van der Waals surface area (Å²) in [6.07, 6.45) is 3.48. The molecule has 0 spiro atoms. The molecule has 0 aliphatic heterocycles. The van der Waals surface area contributed by atoms with E-state index in [1.54, 1.807) is 29.1 Å². The van der Waals surface area contributed by atoms with Gasteiger partial charge in [0, 0.05) is 6.54 Å². The molecule has 4 aromatic rings. The first-order valence-electron chi connectivity index (χ1n) is 9.39. The van der Waals surface area contributed by atoms with Crippen molar-refractivity contribution in [3.05, 3.63) is 66.6 Å². The Morgan fingerprint density at radius 1 is 1.10 bits per heavy atom. The van der Waals surface area contributed by atoms with E-state index >= 15 is 0 Å². The number of benzene rings is 1. The Balaban J connectivity index is 1.30. The molecule has 3 heterocycles. The lowest BCUT2D eigenvalue weighted by Crippen LogP contribution is -2.08. The highest BCUT2D eigenvalue weighted by atomic mass is 32.2. The molecule has 10 nitrogen and oxygen atoms in total. The number of imidazole rings is 1. The molecule has 0 saturated heterocycles. The number of rotatable bonds is 8. The molecular weight excluding hydrogens is 422 g/mol. The van der Waals surface area contributed by atoms with Gasteiger partial charge in [-0.1, -0.05) is 18.2 Å². The molecule has 0 atom stereocenters. The molecule has 2 N–H and O–H groups in total. The van der Waals surface area contributed by atoms with Crippen LogP contribution in [0.25, 0.3) is 11.2 Å². The number of esters is 1. The van der Waals surface area contributed by atoms with Gasteiger partial charge in [-0.2, -0.15) is 0 Å². The SMILES string of the molecule is Nc1ncnc2c1ncn2CCCOC(=O)c1ccc(CS(=O)(=O)c2ccccc2)o1. The third kappa shape index (κ3) is 4.56. The summed E-state index contributed by atoms with van der Waals surface area (Å²) in [7, 11) is -3.57. The van der Waals surface area contributed by atoms with Gasteiger partial charge >= 0.3 is 5.97 Å². The molecule has 0 unspecified atom stereocenters. The average Bonchev–Trinajstić information content (AvgIpc) is 3.39. The molecule has 4 rings (SSSR count). The van der Waals surface area contributed by atoms with E-state index in [0.29, 0.717) is 29.9 Å². The Kier molecular flexibility index (Phi) is 5.67. The van der Waals surface area contributed by atoms with Crippen molar-refractivity contribution in [1.82, 2.24) is 19.5 Å². The Bertz CT molecular complexity index is 1310. The van der Waals surface area contributed by atoms with Crippen LogP contribution in [0.2, 0.25) is 0 Å². The number of carbonyl (C=O) groups is 1. The van der Waals surface area contributed by atoms with Gasteiger partial charge in [-0.15, -0.1) is 0 Å². The predicted molar refractivity (Wildman–Crippen MR) is 111 cm³/mol. The van der Waals surface area contributed by atoms with Crippen LogP contribution in [0.3, 0.4) is 0 Å². The summed E-state index contributed by atoms with van der Waals surface area (Å²) in [6, 6.07) is 10.9. The fourth-order valence-corrected chi connectivity index (χ4v) is 4.27. The molecule has 0 aliphatic rings. The van der Waals surface area contributed by atoms with Crippen molar-refractivity contribution in [2.75, 3.05) is 12.3 Å². The van der Waals surface area contributed by atoms with Crippen LogP contribution in [0.5, 0.6) is 0 Å². The van der Waals surface area contributed by atoms with Gasteiger partial charge in [0.1, 0.15) is 23.4 Å². The van der Waals surface area contributed by atoms with Gasteiger partial charge in [0.2, 0.25) is 5.76 Å². The number of nitrogen functional groups attached to an aromatic ring is 1. The molecule has 0 fully saturated rings. The van der Waals surface area contributed by atoms with Crippen molar-refractivity contribution >= 4 is 32.8 Å². The van der Waals surface area contributed by atoms with Crippen LogP contribution in [0, 0.1) is 0 Å². The third-order valence-electron chi connectivity index (χ3n) is 4.50. The van der Waals surface area contributed by atoms with E-state index in [2.05, 4.69) is 15.0 Å². The van der Waals surface area contributed by atoms with Gasteiger partial charge in [-0.05, 0) is 30.7 Å². The van der Waals surface area contributed by atoms with E-state index in [-0.39, 0.29) is 28.8 Å². The van der Waals surface area contributed by atoms with E-state index in [1.165, 1.54) is 30.6 Å². The molecule has 3 aromatic heterocycles. The maximum Gasteiger partial charge on any atom is 0.374 e. The van der Waals surface area contributed by atoms with Crippen molar-refractivity contribution in [1.29, 1.82) is 0 Å². The zero-order valence-electron chi connectivity index (χ0n) is 16.3. The maximum atomic E-state index is 12.4. The van der Waals surface area contributed by atoms with Crippen LogP contribution < -0.4 is 5.73 Å². The van der Waals surface area contributed by atoms with Gasteiger partial charge < -0.3 is 19.5 Å². The van der Waals surface area contributed by atoms with Gasteiger partial charge in [-0.3, -0.25) is 0 Å². The maximum absolute atomic E-state index is 12.4. The lowest BCUT2D eigenvalue weighted by atomic mass is 10.4. The van der Waals surface area contributed by atoms with Crippen molar-refractivity contribution < 1.29 is 22.4 Å². The van der Waals surface area contributed by atoms with E-state index in [4.69, 9.17) is 14.9 Å². The van der Waals surface area contributed by atoms with Crippen LogP contribution >= 0.6 is 0 Å². The summed E-state index contributed by atoms with van der Waals surface area (Å²) in [4.78, 5) is 24.6. The number of aromatic nitrogens is 4. The summed E-state index contributed by atoms with van der Waals surface area (Å²) >= 11 is 0. The average molecular weight is 441 g/mol. The summed E-state index contributed by atoms with van der Waals surface area (Å²) in [5, 5.41) is 0. The van der Waals surface area contributed by atoms with E-state index in [1.807, 2.05) is 0 Å². The smallest absolute Gasteiger partial charge is 0.374 e. The van der Waals surface area contributed by atoms with Gasteiger partial charge in [0.25, 0.3) is 0 Å². The van der Waals surface area contributed by atoms with Gasteiger partial charge in [0.15, 0.2) is 21.3 Å². The van der Waals surface area contributed by atoms with E-state index in [9.17, 15) is 13.2 Å². The molecule has 1 aromatic carbocycles. The zero-order valence-corrected chi connectivity index (χ0v) is 17.2. The molecule has 11 heteroatoms. The third-order valence-corrected chi connectivity index (χ3v) is 6.16. The van der Waals surface area contributed by atoms with Crippen LogP contribution in [0.4, 0.5) is 5.82 Å². The number of ether oxygens (including phenoxy) is 1. The van der Waals surface area contributed by atoms with Gasteiger partial charge in [-0.25, -0.2) is 28.2 Å². The monoisotopic (exact) mass is 441 g/mol. The quantitative estimate of drug-likeness (QED) is 0.321. The Morgan fingerprint density at radius 2 is 1.90 bits per heavy atom. The molecule has 0 amide bonds. The minimum atomic E-state index is -3.57. The number of furan rings is 1. The van der Waals surface area contributed by atoms with Crippen molar-refractivity contribution in [3.63, 3.8) is 0 Å². The van der Waals surface area contributed by atoms with Crippen LogP contribution in [0.1, 0.15) is 22.7 Å². The van der Waals surface area contributed by atoms with Crippen molar-refractivity contribution in [3.8, 4) is 0 Å². The largest absolute Gasteiger partial charge is 0.460 e. The second-order valence-corrected chi connectivity index (χ2v) is 8.69. The summed E-state index contributed by atoms with van der Waals surface area (Å²) in [5.41, 5.74) is 6.88.